The van der Waals surface area contributed by atoms with E-state index in [1.165, 1.54) is 6.26 Å². The molecule has 7 nitrogen and oxygen atoms in total. The maximum atomic E-state index is 11.0. The predicted octanol–water partition coefficient (Wildman–Crippen LogP) is 1.16. The van der Waals surface area contributed by atoms with Crippen molar-refractivity contribution in [3.8, 4) is 0 Å². The van der Waals surface area contributed by atoms with Crippen molar-refractivity contribution in [3.63, 3.8) is 0 Å². The van der Waals surface area contributed by atoms with Crippen LogP contribution in [0.2, 0.25) is 0 Å². The van der Waals surface area contributed by atoms with Crippen molar-refractivity contribution in [2.24, 2.45) is 10.4 Å². The first-order chi connectivity index (χ1) is 11.3. The maximum Gasteiger partial charge on any atom is 0.191 e. The predicted molar refractivity (Wildman–Crippen MR) is 113 cm³/mol. The van der Waals surface area contributed by atoms with Gasteiger partial charge in [-0.15, -0.1) is 24.0 Å². The summed E-state index contributed by atoms with van der Waals surface area (Å²) in [4.78, 5) is 4.60. The van der Waals surface area contributed by atoms with Crippen molar-refractivity contribution in [1.82, 2.24) is 10.6 Å². The summed E-state index contributed by atoms with van der Waals surface area (Å²) in [5.74, 6) is 0.737. The van der Waals surface area contributed by atoms with Crippen LogP contribution in [0.3, 0.4) is 0 Å². The molecule has 1 rings (SSSR count). The highest BCUT2D eigenvalue weighted by molar-refractivity contribution is 14.0. The number of aliphatic imine (C=N–C) groups is 1. The number of aliphatic hydroxyl groups excluding tert-OH is 1. The molecule has 1 fully saturated rings. The number of hydrogen-bond donors (Lipinski definition) is 3. The van der Waals surface area contributed by atoms with E-state index >= 15 is 0 Å². The summed E-state index contributed by atoms with van der Waals surface area (Å²) in [5.41, 5.74) is -0.160. The Morgan fingerprint density at radius 2 is 2.04 bits per heavy atom. The molecular weight excluding hydrogens is 457 g/mol. The third kappa shape index (κ3) is 10.6. The zero-order chi connectivity index (χ0) is 18.1. The van der Waals surface area contributed by atoms with Gasteiger partial charge in [0.15, 0.2) is 5.96 Å². The second-order valence-corrected chi connectivity index (χ2v) is 9.04. The van der Waals surface area contributed by atoms with Crippen molar-refractivity contribution >= 4 is 39.8 Å². The molecule has 0 aliphatic heterocycles. The Morgan fingerprint density at radius 3 is 2.64 bits per heavy atom. The zero-order valence-electron chi connectivity index (χ0n) is 15.6. The molecule has 1 aliphatic rings. The fraction of sp³-hybridized carbons (Fsp3) is 0.938. The van der Waals surface area contributed by atoms with Gasteiger partial charge in [0.2, 0.25) is 0 Å². The monoisotopic (exact) mass is 491 g/mol. The molecule has 1 aliphatic carbocycles. The molecule has 150 valence electrons. The van der Waals surface area contributed by atoms with Crippen LogP contribution in [-0.2, 0) is 14.6 Å². The SMILES string of the molecule is CCNC(=NCC1(C)CCCCC1O)NCCOCCS(C)(=O)=O.I. The smallest absolute Gasteiger partial charge is 0.191 e. The minimum absolute atomic E-state index is 0. The number of ether oxygens (including phenoxy) is 1. The van der Waals surface area contributed by atoms with Crippen LogP contribution in [0, 0.1) is 5.41 Å². The van der Waals surface area contributed by atoms with Crippen LogP contribution >= 0.6 is 24.0 Å². The van der Waals surface area contributed by atoms with Crippen molar-refractivity contribution in [3.05, 3.63) is 0 Å². The molecule has 0 radical (unpaired) electrons. The number of hydrogen-bond acceptors (Lipinski definition) is 5. The highest BCUT2D eigenvalue weighted by atomic mass is 127. The van der Waals surface area contributed by atoms with E-state index in [1.807, 2.05) is 6.92 Å². The summed E-state index contributed by atoms with van der Waals surface area (Å²) in [5, 5.41) is 16.6. The fourth-order valence-electron chi connectivity index (χ4n) is 2.72. The summed E-state index contributed by atoms with van der Waals surface area (Å²) < 4.78 is 27.3. The number of rotatable bonds is 9. The molecular formula is C16H34IN3O4S. The summed E-state index contributed by atoms with van der Waals surface area (Å²) in [6.07, 6.45) is 4.98. The van der Waals surface area contributed by atoms with Crippen LogP contribution in [0.4, 0.5) is 0 Å². The Labute approximate surface area is 169 Å². The van der Waals surface area contributed by atoms with Gasteiger partial charge in [-0.25, -0.2) is 8.42 Å². The van der Waals surface area contributed by atoms with E-state index in [2.05, 4.69) is 22.5 Å². The topological polar surface area (TPSA) is 100 Å². The van der Waals surface area contributed by atoms with Crippen molar-refractivity contribution < 1.29 is 18.3 Å². The van der Waals surface area contributed by atoms with Crippen LogP contribution in [0.5, 0.6) is 0 Å². The lowest BCUT2D eigenvalue weighted by Crippen LogP contribution is -2.42. The number of aliphatic hydroxyl groups is 1. The van der Waals surface area contributed by atoms with Gasteiger partial charge in [-0.1, -0.05) is 19.8 Å². The van der Waals surface area contributed by atoms with Crippen molar-refractivity contribution in [1.29, 1.82) is 0 Å². The van der Waals surface area contributed by atoms with E-state index in [9.17, 15) is 13.5 Å². The van der Waals surface area contributed by atoms with E-state index in [4.69, 9.17) is 4.74 Å². The third-order valence-corrected chi connectivity index (χ3v) is 5.27. The van der Waals surface area contributed by atoms with Gasteiger partial charge >= 0.3 is 0 Å². The largest absolute Gasteiger partial charge is 0.392 e. The molecule has 0 aromatic heterocycles. The van der Waals surface area contributed by atoms with Gasteiger partial charge in [0, 0.05) is 24.8 Å². The van der Waals surface area contributed by atoms with Gasteiger partial charge in [-0.05, 0) is 19.8 Å². The molecule has 1 saturated carbocycles. The highest BCUT2D eigenvalue weighted by Gasteiger charge is 2.35. The molecule has 0 heterocycles. The van der Waals surface area contributed by atoms with Crippen LogP contribution in [0.25, 0.3) is 0 Å². The third-order valence-electron chi connectivity index (χ3n) is 4.36. The Balaban J connectivity index is 0.00000576. The summed E-state index contributed by atoms with van der Waals surface area (Å²) in [6.45, 7) is 6.60. The standard InChI is InChI=1S/C16H33N3O4S.HI/c1-4-17-15(18-9-10-23-11-12-24(3,21)22)19-13-16(2)8-6-5-7-14(16)20;/h14,20H,4-13H2,1-3H3,(H2,17,18,19);1H. The summed E-state index contributed by atoms with van der Waals surface area (Å²) in [7, 11) is -2.97. The number of guanidine groups is 1. The minimum atomic E-state index is -2.97. The van der Waals surface area contributed by atoms with E-state index < -0.39 is 9.84 Å². The molecule has 3 N–H and O–H groups in total. The molecule has 0 spiro atoms. The van der Waals surface area contributed by atoms with Crippen LogP contribution in [-0.4, -0.2) is 70.4 Å². The van der Waals surface area contributed by atoms with E-state index in [1.54, 1.807) is 0 Å². The first-order valence-corrected chi connectivity index (χ1v) is 10.8. The molecule has 0 bridgehead atoms. The molecule has 0 aromatic carbocycles. The van der Waals surface area contributed by atoms with E-state index in [0.717, 1.165) is 32.2 Å². The normalized spacial score (nSPS) is 24.5. The first kappa shape index (κ1) is 24.9. The molecule has 0 aromatic rings. The number of nitrogens with one attached hydrogen (secondary N) is 2. The van der Waals surface area contributed by atoms with Crippen LogP contribution in [0.1, 0.15) is 39.5 Å². The second-order valence-electron chi connectivity index (χ2n) is 6.78. The van der Waals surface area contributed by atoms with Gasteiger partial charge < -0.3 is 20.5 Å². The van der Waals surface area contributed by atoms with Crippen LogP contribution < -0.4 is 10.6 Å². The van der Waals surface area contributed by atoms with E-state index in [-0.39, 0.29) is 47.9 Å². The van der Waals surface area contributed by atoms with Gasteiger partial charge in [0.05, 0.1) is 31.6 Å². The zero-order valence-corrected chi connectivity index (χ0v) is 18.7. The Kier molecular flexibility index (Phi) is 12.2. The highest BCUT2D eigenvalue weighted by Crippen LogP contribution is 2.36. The molecule has 25 heavy (non-hydrogen) atoms. The minimum Gasteiger partial charge on any atom is -0.392 e. The number of nitrogens with zero attached hydrogens (tertiary/aromatic N) is 1. The lowest BCUT2D eigenvalue weighted by atomic mass is 9.73. The quantitative estimate of drug-likeness (QED) is 0.194. The number of halogens is 1. The molecule has 2 atom stereocenters. The fourth-order valence-corrected chi connectivity index (χ4v) is 3.14. The Bertz CT molecular complexity index is 502. The van der Waals surface area contributed by atoms with Crippen molar-refractivity contribution in [2.45, 2.75) is 45.6 Å². The lowest BCUT2D eigenvalue weighted by Gasteiger charge is -2.37. The average Bonchev–Trinajstić information content (AvgIpc) is 2.50. The molecule has 0 saturated heterocycles. The van der Waals surface area contributed by atoms with Gasteiger partial charge in [-0.3, -0.25) is 4.99 Å². The number of sulfone groups is 1. The van der Waals surface area contributed by atoms with Gasteiger partial charge in [-0.2, -0.15) is 0 Å². The average molecular weight is 491 g/mol. The van der Waals surface area contributed by atoms with E-state index in [0.29, 0.717) is 25.7 Å². The van der Waals surface area contributed by atoms with Gasteiger partial charge in [0.25, 0.3) is 0 Å². The van der Waals surface area contributed by atoms with Crippen LogP contribution in [0.15, 0.2) is 4.99 Å². The first-order valence-electron chi connectivity index (χ1n) is 8.72. The summed E-state index contributed by atoms with van der Waals surface area (Å²) in [6, 6.07) is 0. The molecule has 2 unspecified atom stereocenters. The van der Waals surface area contributed by atoms with Crippen molar-refractivity contribution in [2.75, 3.05) is 44.9 Å². The Morgan fingerprint density at radius 1 is 1.32 bits per heavy atom. The maximum absolute atomic E-state index is 11.0. The molecule has 0 amide bonds. The lowest BCUT2D eigenvalue weighted by molar-refractivity contribution is 0.00715. The summed E-state index contributed by atoms with van der Waals surface area (Å²) >= 11 is 0. The Hall–Kier alpha value is -0.130. The molecule has 9 heteroatoms. The van der Waals surface area contributed by atoms with Gasteiger partial charge in [0.1, 0.15) is 9.84 Å². The second kappa shape index (κ2) is 12.3.